The van der Waals surface area contributed by atoms with Gasteiger partial charge in [0.1, 0.15) is 16.7 Å². The molecule has 0 bridgehead atoms. The van der Waals surface area contributed by atoms with Gasteiger partial charge in [0.05, 0.1) is 29.1 Å². The molecule has 2 amide bonds. The molecule has 0 saturated carbocycles. The number of hydrogen-bond acceptors (Lipinski definition) is 8. The van der Waals surface area contributed by atoms with Gasteiger partial charge in [0.25, 0.3) is 5.91 Å². The van der Waals surface area contributed by atoms with Crippen LogP contribution in [0, 0.1) is 13.8 Å². The number of unbranched alkanes of at least 4 members (excludes halogenated alkanes) is 1. The topological polar surface area (TPSA) is 129 Å². The number of carbonyl (C=O) groups is 3. The van der Waals surface area contributed by atoms with Crippen LogP contribution in [0.25, 0.3) is 22.1 Å². The maximum atomic E-state index is 12.0. The Hall–Kier alpha value is -3.05. The third kappa shape index (κ3) is 5.85. The molecule has 3 aromatic rings. The van der Waals surface area contributed by atoms with E-state index in [1.807, 2.05) is 29.2 Å². The minimum atomic E-state index is -0.679. The second-order valence-corrected chi connectivity index (χ2v) is 9.53. The Labute approximate surface area is 200 Å². The second kappa shape index (κ2) is 10.7. The standard InChI is InChI=1S/C22H27N5O4S2/c1-12-15(20(23)29)9-19(17-10-33-21(26-17)18-11-32-14(3)25-18)27(12)8-6-5-7-16(22(30)31-4)24-13(2)28/h9-11,16H,5-8H2,1-4H3,(H2,23,29)(H,24,28). The number of methoxy groups -OCH3 is 1. The summed E-state index contributed by atoms with van der Waals surface area (Å²) in [6, 6.07) is 1.10. The number of carbonyl (C=O) groups excluding carboxylic acids is 3. The predicted molar refractivity (Wildman–Crippen MR) is 128 cm³/mol. The summed E-state index contributed by atoms with van der Waals surface area (Å²) < 4.78 is 6.80. The molecule has 0 aliphatic heterocycles. The minimum absolute atomic E-state index is 0.283. The van der Waals surface area contributed by atoms with Gasteiger partial charge in [-0.2, -0.15) is 0 Å². The molecule has 0 radical (unpaired) electrons. The van der Waals surface area contributed by atoms with Gasteiger partial charge in [-0.3, -0.25) is 9.59 Å². The lowest BCUT2D eigenvalue weighted by Crippen LogP contribution is -2.40. The lowest BCUT2D eigenvalue weighted by atomic mass is 10.1. The zero-order chi connectivity index (χ0) is 24.1. The molecule has 3 N–H and O–H groups in total. The van der Waals surface area contributed by atoms with E-state index >= 15 is 0 Å². The van der Waals surface area contributed by atoms with Crippen LogP contribution in [0.2, 0.25) is 0 Å². The van der Waals surface area contributed by atoms with Crippen molar-refractivity contribution >= 4 is 40.5 Å². The van der Waals surface area contributed by atoms with Crippen molar-refractivity contribution < 1.29 is 19.1 Å². The van der Waals surface area contributed by atoms with E-state index in [2.05, 4.69) is 10.3 Å². The highest BCUT2D eigenvalue weighted by atomic mass is 32.1. The van der Waals surface area contributed by atoms with Crippen LogP contribution >= 0.6 is 22.7 Å². The Morgan fingerprint density at radius 1 is 1.15 bits per heavy atom. The molecule has 11 heteroatoms. The fraction of sp³-hybridized carbons (Fsp3) is 0.409. The molecule has 176 valence electrons. The Morgan fingerprint density at radius 3 is 2.48 bits per heavy atom. The van der Waals surface area contributed by atoms with E-state index in [4.69, 9.17) is 15.5 Å². The fourth-order valence-corrected chi connectivity index (χ4v) is 5.07. The molecule has 1 atom stereocenters. The van der Waals surface area contributed by atoms with Crippen LogP contribution in [0.5, 0.6) is 0 Å². The normalized spacial score (nSPS) is 11.9. The molecule has 9 nitrogen and oxygen atoms in total. The van der Waals surface area contributed by atoms with Crippen molar-refractivity contribution in [1.29, 1.82) is 0 Å². The Bertz CT molecular complexity index is 1160. The van der Waals surface area contributed by atoms with Gasteiger partial charge in [0.2, 0.25) is 5.91 Å². The summed E-state index contributed by atoms with van der Waals surface area (Å²) in [6.07, 6.45) is 1.84. The van der Waals surface area contributed by atoms with Crippen molar-refractivity contribution in [2.24, 2.45) is 5.73 Å². The summed E-state index contributed by atoms with van der Waals surface area (Å²) in [5.74, 6) is -1.24. The summed E-state index contributed by atoms with van der Waals surface area (Å²) >= 11 is 3.07. The lowest BCUT2D eigenvalue weighted by molar-refractivity contribution is -0.145. The zero-order valence-electron chi connectivity index (χ0n) is 19.0. The summed E-state index contributed by atoms with van der Waals surface area (Å²) in [4.78, 5) is 44.5. The number of nitrogens with zero attached hydrogens (tertiary/aromatic N) is 3. The number of esters is 1. The van der Waals surface area contributed by atoms with Crippen LogP contribution in [0.3, 0.4) is 0 Å². The summed E-state index contributed by atoms with van der Waals surface area (Å²) in [6.45, 7) is 5.78. The van der Waals surface area contributed by atoms with Crippen LogP contribution < -0.4 is 11.1 Å². The Kier molecular flexibility index (Phi) is 7.98. The fourth-order valence-electron chi connectivity index (χ4n) is 3.62. The SMILES string of the molecule is COC(=O)C(CCCCn1c(-c2csc(-c3csc(C)n3)n2)cc(C(N)=O)c1C)NC(C)=O. The first-order chi connectivity index (χ1) is 15.7. The number of hydrogen-bond donors (Lipinski definition) is 2. The van der Waals surface area contributed by atoms with Gasteiger partial charge < -0.3 is 20.4 Å². The van der Waals surface area contributed by atoms with Crippen molar-refractivity contribution in [1.82, 2.24) is 19.9 Å². The highest BCUT2D eigenvalue weighted by molar-refractivity contribution is 7.14. The summed E-state index contributed by atoms with van der Waals surface area (Å²) in [5, 5.41) is 8.34. The van der Waals surface area contributed by atoms with Crippen molar-refractivity contribution in [3.8, 4) is 22.1 Å². The number of primary amides is 1. The van der Waals surface area contributed by atoms with Crippen molar-refractivity contribution in [3.05, 3.63) is 33.1 Å². The molecule has 3 heterocycles. The van der Waals surface area contributed by atoms with Crippen LogP contribution in [0.4, 0.5) is 0 Å². The van der Waals surface area contributed by atoms with Crippen molar-refractivity contribution in [3.63, 3.8) is 0 Å². The van der Waals surface area contributed by atoms with Gasteiger partial charge >= 0.3 is 5.97 Å². The van der Waals surface area contributed by atoms with Crippen LogP contribution in [0.1, 0.15) is 47.2 Å². The first-order valence-electron chi connectivity index (χ1n) is 10.4. The maximum absolute atomic E-state index is 12.0. The van der Waals surface area contributed by atoms with E-state index in [0.717, 1.165) is 39.2 Å². The summed E-state index contributed by atoms with van der Waals surface area (Å²) in [5.41, 5.74) is 9.21. The molecule has 3 rings (SSSR count). The number of nitrogens with two attached hydrogens (primary N) is 1. The molecular weight excluding hydrogens is 462 g/mol. The predicted octanol–water partition coefficient (Wildman–Crippen LogP) is 3.30. The number of aromatic nitrogens is 3. The number of thiazole rings is 2. The molecule has 33 heavy (non-hydrogen) atoms. The van der Waals surface area contributed by atoms with Gasteiger partial charge in [0.15, 0.2) is 0 Å². The van der Waals surface area contributed by atoms with Gasteiger partial charge in [-0.25, -0.2) is 14.8 Å². The third-order valence-corrected chi connectivity index (χ3v) is 6.86. The number of amides is 2. The molecule has 0 aliphatic carbocycles. The Morgan fingerprint density at radius 2 is 1.88 bits per heavy atom. The van der Waals surface area contributed by atoms with Crippen LogP contribution in [-0.2, 0) is 20.9 Å². The number of nitrogens with one attached hydrogen (secondary N) is 1. The van der Waals surface area contributed by atoms with Gasteiger partial charge in [-0.15, -0.1) is 22.7 Å². The van der Waals surface area contributed by atoms with E-state index < -0.39 is 17.9 Å². The van der Waals surface area contributed by atoms with Crippen LogP contribution in [-0.4, -0.2) is 45.5 Å². The summed E-state index contributed by atoms with van der Waals surface area (Å²) in [7, 11) is 1.30. The van der Waals surface area contributed by atoms with E-state index in [1.165, 1.54) is 25.4 Å². The minimum Gasteiger partial charge on any atom is -0.467 e. The zero-order valence-corrected chi connectivity index (χ0v) is 20.6. The van der Waals surface area contributed by atoms with Gasteiger partial charge in [-0.1, -0.05) is 0 Å². The van der Waals surface area contributed by atoms with Crippen molar-refractivity contribution in [2.45, 2.75) is 52.6 Å². The average molecular weight is 490 g/mol. The van der Waals surface area contributed by atoms with E-state index in [9.17, 15) is 14.4 Å². The number of rotatable bonds is 10. The van der Waals surface area contributed by atoms with E-state index in [-0.39, 0.29) is 5.91 Å². The van der Waals surface area contributed by atoms with Gasteiger partial charge in [-0.05, 0) is 39.2 Å². The highest BCUT2D eigenvalue weighted by Gasteiger charge is 2.21. The van der Waals surface area contributed by atoms with E-state index in [0.29, 0.717) is 24.9 Å². The molecule has 0 fully saturated rings. The molecule has 1 unspecified atom stereocenters. The van der Waals surface area contributed by atoms with Gasteiger partial charge in [0, 0.05) is 29.9 Å². The smallest absolute Gasteiger partial charge is 0.328 e. The first kappa shape index (κ1) is 24.6. The van der Waals surface area contributed by atoms with Crippen LogP contribution in [0.15, 0.2) is 16.8 Å². The second-order valence-electron chi connectivity index (χ2n) is 7.61. The molecule has 0 aromatic carbocycles. The molecular formula is C22H27N5O4S2. The molecule has 0 saturated heterocycles. The lowest BCUT2D eigenvalue weighted by Gasteiger charge is -2.16. The monoisotopic (exact) mass is 489 g/mol. The highest BCUT2D eigenvalue weighted by Crippen LogP contribution is 2.32. The van der Waals surface area contributed by atoms with E-state index in [1.54, 1.807) is 17.4 Å². The Balaban J connectivity index is 1.78. The van der Waals surface area contributed by atoms with Crippen molar-refractivity contribution in [2.75, 3.05) is 7.11 Å². The quantitative estimate of drug-likeness (QED) is 0.332. The third-order valence-electron chi connectivity index (χ3n) is 5.22. The molecule has 0 aliphatic rings. The average Bonchev–Trinajstić information content (AvgIpc) is 3.48. The largest absolute Gasteiger partial charge is 0.467 e. The molecule has 3 aromatic heterocycles. The molecule has 0 spiro atoms. The maximum Gasteiger partial charge on any atom is 0.328 e. The number of ether oxygens (including phenoxy) is 1. The first-order valence-corrected chi connectivity index (χ1v) is 12.2. The number of aryl methyl sites for hydroxylation is 1.